The fraction of sp³-hybridized carbons (Fsp3) is 0.273. The summed E-state index contributed by atoms with van der Waals surface area (Å²) in [6.45, 7) is 1.42. The second kappa shape index (κ2) is 5.09. The second-order valence-electron chi connectivity index (χ2n) is 3.57. The van der Waals surface area contributed by atoms with E-state index in [9.17, 15) is 0 Å². The Bertz CT molecular complexity index is 467. The van der Waals surface area contributed by atoms with E-state index >= 15 is 0 Å². The van der Waals surface area contributed by atoms with Crippen LogP contribution in [-0.4, -0.2) is 22.0 Å². The van der Waals surface area contributed by atoms with Crippen molar-refractivity contribution >= 4 is 11.6 Å². The van der Waals surface area contributed by atoms with Crippen molar-refractivity contribution in [2.45, 2.75) is 13.1 Å². The first-order chi connectivity index (χ1) is 7.78. The van der Waals surface area contributed by atoms with Gasteiger partial charge in [-0.1, -0.05) is 28.9 Å². The van der Waals surface area contributed by atoms with Gasteiger partial charge in [-0.05, 0) is 24.7 Å². The molecule has 0 unspecified atom stereocenters. The van der Waals surface area contributed by atoms with Gasteiger partial charge in [0.15, 0.2) is 0 Å². The summed E-state index contributed by atoms with van der Waals surface area (Å²) in [5.74, 6) is 0. The zero-order valence-electron chi connectivity index (χ0n) is 9.02. The Labute approximate surface area is 99.2 Å². The highest BCUT2D eigenvalue weighted by Crippen LogP contribution is 2.11. The van der Waals surface area contributed by atoms with Gasteiger partial charge < -0.3 is 5.32 Å². The third-order valence-corrected chi connectivity index (χ3v) is 2.41. The number of aromatic nitrogens is 3. The minimum Gasteiger partial charge on any atom is -0.314 e. The number of rotatable bonds is 4. The molecule has 84 valence electrons. The van der Waals surface area contributed by atoms with E-state index in [1.54, 1.807) is 4.68 Å². The molecule has 0 bridgehead atoms. The van der Waals surface area contributed by atoms with Crippen molar-refractivity contribution in [2.24, 2.45) is 0 Å². The topological polar surface area (TPSA) is 42.7 Å². The molecule has 0 radical (unpaired) electrons. The Morgan fingerprint density at radius 3 is 3.06 bits per heavy atom. The van der Waals surface area contributed by atoms with E-state index in [0.29, 0.717) is 6.54 Å². The molecule has 1 aromatic carbocycles. The van der Waals surface area contributed by atoms with Gasteiger partial charge >= 0.3 is 0 Å². The fourth-order valence-electron chi connectivity index (χ4n) is 1.50. The normalized spacial score (nSPS) is 10.6. The summed E-state index contributed by atoms with van der Waals surface area (Å²) in [5, 5.41) is 11.9. The average Bonchev–Trinajstić information content (AvgIpc) is 2.66. The summed E-state index contributed by atoms with van der Waals surface area (Å²) >= 11 is 5.91. The highest BCUT2D eigenvalue weighted by atomic mass is 35.5. The third kappa shape index (κ3) is 2.81. The maximum Gasteiger partial charge on any atom is 0.0964 e. The van der Waals surface area contributed by atoms with E-state index in [-0.39, 0.29) is 0 Å². The maximum atomic E-state index is 5.91. The predicted octanol–water partition coefficient (Wildman–Crippen LogP) is 1.70. The first-order valence-corrected chi connectivity index (χ1v) is 5.44. The fourth-order valence-corrected chi connectivity index (χ4v) is 1.71. The van der Waals surface area contributed by atoms with Crippen molar-refractivity contribution in [3.05, 3.63) is 46.7 Å². The quantitative estimate of drug-likeness (QED) is 0.879. The van der Waals surface area contributed by atoms with Crippen LogP contribution in [0.2, 0.25) is 5.02 Å². The Kier molecular flexibility index (Phi) is 3.54. The molecule has 0 aliphatic heterocycles. The van der Waals surface area contributed by atoms with Gasteiger partial charge in [-0.15, -0.1) is 5.10 Å². The SMILES string of the molecule is CNCc1cn(Cc2cccc(Cl)c2)nn1. The Hall–Kier alpha value is -1.39. The molecule has 0 amide bonds. The van der Waals surface area contributed by atoms with Crippen LogP contribution in [0, 0.1) is 0 Å². The summed E-state index contributed by atoms with van der Waals surface area (Å²) in [4.78, 5) is 0. The van der Waals surface area contributed by atoms with Gasteiger partial charge in [0.1, 0.15) is 0 Å². The Morgan fingerprint density at radius 2 is 2.31 bits per heavy atom. The highest BCUT2D eigenvalue weighted by Gasteiger charge is 2.00. The molecule has 0 saturated heterocycles. The molecule has 0 saturated carbocycles. The lowest BCUT2D eigenvalue weighted by atomic mass is 10.2. The largest absolute Gasteiger partial charge is 0.314 e. The van der Waals surface area contributed by atoms with Crippen molar-refractivity contribution < 1.29 is 0 Å². The van der Waals surface area contributed by atoms with E-state index in [1.807, 2.05) is 37.5 Å². The van der Waals surface area contributed by atoms with Crippen LogP contribution in [0.25, 0.3) is 0 Å². The van der Waals surface area contributed by atoms with Crippen LogP contribution in [0.3, 0.4) is 0 Å². The molecule has 2 aromatic rings. The van der Waals surface area contributed by atoms with Gasteiger partial charge in [0.05, 0.1) is 18.4 Å². The van der Waals surface area contributed by atoms with Crippen molar-refractivity contribution in [3.8, 4) is 0 Å². The van der Waals surface area contributed by atoms with Gasteiger partial charge in [-0.3, -0.25) is 0 Å². The summed E-state index contributed by atoms with van der Waals surface area (Å²) in [5.41, 5.74) is 2.05. The van der Waals surface area contributed by atoms with Gasteiger partial charge in [-0.2, -0.15) is 0 Å². The zero-order valence-corrected chi connectivity index (χ0v) is 9.78. The predicted molar refractivity (Wildman–Crippen MR) is 63.3 cm³/mol. The first-order valence-electron chi connectivity index (χ1n) is 5.06. The Morgan fingerprint density at radius 1 is 1.44 bits per heavy atom. The number of halogens is 1. The van der Waals surface area contributed by atoms with Gasteiger partial charge in [-0.25, -0.2) is 4.68 Å². The molecule has 16 heavy (non-hydrogen) atoms. The monoisotopic (exact) mass is 236 g/mol. The average molecular weight is 237 g/mol. The molecule has 5 heteroatoms. The molecular weight excluding hydrogens is 224 g/mol. The highest BCUT2D eigenvalue weighted by molar-refractivity contribution is 6.30. The summed E-state index contributed by atoms with van der Waals surface area (Å²) in [6.07, 6.45) is 1.93. The van der Waals surface area contributed by atoms with Crippen LogP contribution in [-0.2, 0) is 13.1 Å². The van der Waals surface area contributed by atoms with Crippen molar-refractivity contribution in [1.82, 2.24) is 20.3 Å². The molecule has 1 aromatic heterocycles. The van der Waals surface area contributed by atoms with Crippen molar-refractivity contribution in [1.29, 1.82) is 0 Å². The van der Waals surface area contributed by atoms with Crippen LogP contribution in [0.4, 0.5) is 0 Å². The molecule has 0 spiro atoms. The van der Waals surface area contributed by atoms with Crippen LogP contribution in [0.1, 0.15) is 11.3 Å². The zero-order chi connectivity index (χ0) is 11.4. The minimum absolute atomic E-state index is 0.692. The van der Waals surface area contributed by atoms with E-state index in [1.165, 1.54) is 0 Å². The molecule has 1 heterocycles. The lowest BCUT2D eigenvalue weighted by Gasteiger charge is -2.00. The van der Waals surface area contributed by atoms with Gasteiger partial charge in [0.25, 0.3) is 0 Å². The van der Waals surface area contributed by atoms with E-state index in [4.69, 9.17) is 11.6 Å². The second-order valence-corrected chi connectivity index (χ2v) is 4.00. The molecule has 0 atom stereocenters. The smallest absolute Gasteiger partial charge is 0.0964 e. The summed E-state index contributed by atoms with van der Waals surface area (Å²) in [7, 11) is 1.88. The van der Waals surface area contributed by atoms with Crippen molar-refractivity contribution in [2.75, 3.05) is 7.05 Å². The summed E-state index contributed by atoms with van der Waals surface area (Å²) in [6, 6.07) is 7.74. The molecule has 0 aliphatic carbocycles. The standard InChI is InChI=1S/C11H13ClN4/c1-13-6-11-8-16(15-14-11)7-9-3-2-4-10(12)5-9/h2-5,8,13H,6-7H2,1H3. The van der Waals surface area contributed by atoms with E-state index in [2.05, 4.69) is 15.6 Å². The van der Waals surface area contributed by atoms with E-state index < -0.39 is 0 Å². The maximum absolute atomic E-state index is 5.91. The minimum atomic E-state index is 0.692. The molecule has 4 nitrogen and oxygen atoms in total. The molecular formula is C11H13ClN4. The molecule has 0 aliphatic rings. The van der Waals surface area contributed by atoms with Gasteiger partial charge in [0.2, 0.25) is 0 Å². The van der Waals surface area contributed by atoms with Crippen LogP contribution in [0.5, 0.6) is 0 Å². The third-order valence-electron chi connectivity index (χ3n) is 2.18. The van der Waals surface area contributed by atoms with E-state index in [0.717, 1.165) is 22.8 Å². The summed E-state index contributed by atoms with van der Waals surface area (Å²) < 4.78 is 1.80. The molecule has 2 rings (SSSR count). The Balaban J connectivity index is 2.08. The van der Waals surface area contributed by atoms with Crippen LogP contribution >= 0.6 is 11.6 Å². The number of hydrogen-bond donors (Lipinski definition) is 1. The van der Waals surface area contributed by atoms with Crippen molar-refractivity contribution in [3.63, 3.8) is 0 Å². The number of nitrogens with zero attached hydrogens (tertiary/aromatic N) is 3. The molecule has 0 fully saturated rings. The van der Waals surface area contributed by atoms with Crippen LogP contribution in [0.15, 0.2) is 30.5 Å². The lowest BCUT2D eigenvalue weighted by molar-refractivity contribution is 0.649. The van der Waals surface area contributed by atoms with Crippen LogP contribution < -0.4 is 5.32 Å². The number of nitrogens with one attached hydrogen (secondary N) is 1. The first kappa shape index (κ1) is 11.1. The number of benzene rings is 1. The molecule has 1 N–H and O–H groups in total. The number of hydrogen-bond acceptors (Lipinski definition) is 3. The lowest BCUT2D eigenvalue weighted by Crippen LogP contribution is -2.05. The van der Waals surface area contributed by atoms with Gasteiger partial charge in [0, 0.05) is 11.6 Å².